The molecule has 28 heavy (non-hydrogen) atoms. The molecule has 2 aromatic heterocycles. The fourth-order valence-corrected chi connectivity index (χ4v) is 3.23. The fraction of sp³-hybridized carbons (Fsp3) is 0.0556. The molecule has 0 aliphatic rings. The second-order valence-corrected chi connectivity index (χ2v) is 8.31. The van der Waals surface area contributed by atoms with Gasteiger partial charge in [0.05, 0.1) is 16.1 Å². The topological polar surface area (TPSA) is 111 Å². The molecule has 0 amide bonds. The van der Waals surface area contributed by atoms with E-state index in [-0.39, 0.29) is 10.8 Å². The van der Waals surface area contributed by atoms with E-state index in [1.165, 1.54) is 18.3 Å². The summed E-state index contributed by atoms with van der Waals surface area (Å²) in [4.78, 5) is 4.54. The molecule has 0 unspecified atom stereocenters. The fourth-order valence-electron chi connectivity index (χ4n) is 2.43. The summed E-state index contributed by atoms with van der Waals surface area (Å²) < 4.78 is 33.9. The van der Waals surface area contributed by atoms with Gasteiger partial charge < -0.3 is 9.26 Å². The highest BCUT2D eigenvalue weighted by Gasteiger charge is 2.15. The Kier molecular flexibility index (Phi) is 4.62. The maximum atomic E-state index is 11.5. The van der Waals surface area contributed by atoms with Crippen LogP contribution in [-0.2, 0) is 9.84 Å². The summed E-state index contributed by atoms with van der Waals surface area (Å²) >= 11 is 5.99. The minimum Gasteiger partial charge on any atom is -0.457 e. The van der Waals surface area contributed by atoms with Crippen molar-refractivity contribution >= 4 is 21.4 Å². The van der Waals surface area contributed by atoms with Gasteiger partial charge >= 0.3 is 0 Å². The van der Waals surface area contributed by atoms with Crippen LogP contribution in [0.1, 0.15) is 0 Å². The van der Waals surface area contributed by atoms with Crippen molar-refractivity contribution in [3.63, 3.8) is 0 Å². The lowest BCUT2D eigenvalue weighted by atomic mass is 10.2. The van der Waals surface area contributed by atoms with E-state index in [9.17, 15) is 8.42 Å². The van der Waals surface area contributed by atoms with Gasteiger partial charge in [-0.2, -0.15) is 10.1 Å². The van der Waals surface area contributed by atoms with Gasteiger partial charge in [0, 0.05) is 11.8 Å². The molecule has 4 rings (SSSR count). The second-order valence-electron chi connectivity index (χ2n) is 5.89. The third-order valence-electron chi connectivity index (χ3n) is 3.83. The van der Waals surface area contributed by atoms with Crippen LogP contribution in [0.25, 0.3) is 23.0 Å². The zero-order chi connectivity index (χ0) is 19.7. The summed E-state index contributed by atoms with van der Waals surface area (Å²) in [7, 11) is -3.24. The van der Waals surface area contributed by atoms with Gasteiger partial charge in [-0.15, -0.1) is 0 Å². The average Bonchev–Trinajstić information content (AvgIpc) is 3.31. The van der Waals surface area contributed by atoms with E-state index in [0.717, 1.165) is 11.8 Å². The van der Waals surface area contributed by atoms with Gasteiger partial charge in [-0.3, -0.25) is 5.10 Å². The monoisotopic (exact) mass is 416 g/mol. The number of nitrogens with one attached hydrogen (secondary N) is 1. The Bertz CT molecular complexity index is 1220. The van der Waals surface area contributed by atoms with Crippen molar-refractivity contribution in [3.05, 3.63) is 59.8 Å². The Hall–Kier alpha value is -3.17. The maximum absolute atomic E-state index is 11.5. The van der Waals surface area contributed by atoms with E-state index < -0.39 is 9.84 Å². The molecule has 0 spiro atoms. The molecule has 142 valence electrons. The molecule has 0 bridgehead atoms. The van der Waals surface area contributed by atoms with Crippen LogP contribution in [0.4, 0.5) is 0 Å². The van der Waals surface area contributed by atoms with Crippen molar-refractivity contribution < 1.29 is 17.7 Å². The molecule has 0 aliphatic heterocycles. The lowest BCUT2D eigenvalue weighted by Gasteiger charge is -2.06. The van der Waals surface area contributed by atoms with E-state index in [1.54, 1.807) is 36.4 Å². The summed E-state index contributed by atoms with van der Waals surface area (Å²) in [5, 5.41) is 10.8. The van der Waals surface area contributed by atoms with Crippen LogP contribution in [0.2, 0.25) is 5.02 Å². The van der Waals surface area contributed by atoms with Crippen LogP contribution in [-0.4, -0.2) is 35.0 Å². The third-order valence-corrected chi connectivity index (χ3v) is 5.25. The maximum Gasteiger partial charge on any atom is 0.277 e. The predicted octanol–water partition coefficient (Wildman–Crippen LogP) is 3.98. The first kappa shape index (κ1) is 18.2. The Balaban J connectivity index is 1.50. The smallest absolute Gasteiger partial charge is 0.277 e. The number of ether oxygens (including phenoxy) is 1. The molecule has 2 heterocycles. The predicted molar refractivity (Wildman–Crippen MR) is 102 cm³/mol. The molecule has 0 radical (unpaired) electrons. The molecule has 2 aromatic carbocycles. The molecule has 0 aliphatic carbocycles. The van der Waals surface area contributed by atoms with Gasteiger partial charge in [-0.25, -0.2) is 8.42 Å². The number of sulfone groups is 1. The highest BCUT2D eigenvalue weighted by molar-refractivity contribution is 7.90. The number of nitrogens with zero attached hydrogens (tertiary/aromatic N) is 3. The molecule has 1 N–H and O–H groups in total. The third kappa shape index (κ3) is 3.75. The number of hydrogen-bond acceptors (Lipinski definition) is 7. The van der Waals surface area contributed by atoms with Crippen molar-refractivity contribution in [2.75, 3.05) is 6.26 Å². The number of halogens is 1. The van der Waals surface area contributed by atoms with E-state index in [0.29, 0.717) is 28.0 Å². The van der Waals surface area contributed by atoms with Gasteiger partial charge in [-0.05, 0) is 48.5 Å². The summed E-state index contributed by atoms with van der Waals surface area (Å²) in [6.45, 7) is 0. The average molecular weight is 417 g/mol. The van der Waals surface area contributed by atoms with Gasteiger partial charge in [-0.1, -0.05) is 16.8 Å². The first-order valence-corrected chi connectivity index (χ1v) is 10.3. The highest BCUT2D eigenvalue weighted by atomic mass is 35.5. The minimum atomic E-state index is -3.24. The second kappa shape index (κ2) is 7.10. The van der Waals surface area contributed by atoms with Gasteiger partial charge in [0.25, 0.3) is 5.89 Å². The summed E-state index contributed by atoms with van der Waals surface area (Å²) in [6.07, 6.45) is 2.61. The van der Waals surface area contributed by atoms with Crippen LogP contribution in [0.3, 0.4) is 0 Å². The molecule has 4 aromatic rings. The molecule has 0 fully saturated rings. The number of benzene rings is 2. The van der Waals surface area contributed by atoms with E-state index in [1.807, 2.05) is 0 Å². The van der Waals surface area contributed by atoms with Crippen molar-refractivity contribution in [1.82, 2.24) is 20.3 Å². The van der Waals surface area contributed by atoms with E-state index in [2.05, 4.69) is 20.3 Å². The van der Waals surface area contributed by atoms with Gasteiger partial charge in [0.1, 0.15) is 17.2 Å². The minimum absolute atomic E-state index is 0.237. The number of aromatic amines is 1. The summed E-state index contributed by atoms with van der Waals surface area (Å²) in [5.41, 5.74) is 1.18. The Morgan fingerprint density at radius 3 is 2.25 bits per heavy atom. The van der Waals surface area contributed by atoms with Crippen molar-refractivity contribution in [3.8, 4) is 34.5 Å². The van der Waals surface area contributed by atoms with E-state index in [4.69, 9.17) is 20.9 Å². The lowest BCUT2D eigenvalue weighted by Crippen LogP contribution is -1.96. The zero-order valence-electron chi connectivity index (χ0n) is 14.5. The number of H-pyrrole nitrogens is 1. The molecular formula is C18H13ClN4O4S. The summed E-state index contributed by atoms with van der Waals surface area (Å²) in [6, 6.07) is 13.3. The lowest BCUT2D eigenvalue weighted by molar-refractivity contribution is 0.431. The van der Waals surface area contributed by atoms with Crippen LogP contribution < -0.4 is 4.74 Å². The number of hydrogen-bond donors (Lipinski definition) is 1. The van der Waals surface area contributed by atoms with Crippen molar-refractivity contribution in [2.45, 2.75) is 4.90 Å². The molecule has 0 saturated carbocycles. The van der Waals surface area contributed by atoms with Crippen LogP contribution in [0.5, 0.6) is 11.5 Å². The van der Waals surface area contributed by atoms with Crippen LogP contribution in [0.15, 0.2) is 64.1 Å². The molecule has 0 saturated heterocycles. The molecule has 8 nitrogen and oxygen atoms in total. The largest absolute Gasteiger partial charge is 0.457 e. The standard InChI is InChI=1S/C18H13ClN4O4S/c1-28(24,25)14-8-6-13(7-9-14)26-12-4-2-11(3-5-12)17-21-18(27-23-17)16-15(19)10-20-22-16/h2-10H,1H3,(H,20,22). The first-order valence-electron chi connectivity index (χ1n) is 8.01. The molecule has 10 heteroatoms. The Labute approximate surface area is 165 Å². The molecule has 0 atom stereocenters. The number of aromatic nitrogens is 4. The van der Waals surface area contributed by atoms with E-state index >= 15 is 0 Å². The summed E-state index contributed by atoms with van der Waals surface area (Å²) in [5.74, 6) is 1.74. The van der Waals surface area contributed by atoms with Gasteiger partial charge in [0.2, 0.25) is 5.82 Å². The normalized spacial score (nSPS) is 11.5. The molecular weight excluding hydrogens is 404 g/mol. The first-order chi connectivity index (χ1) is 13.4. The zero-order valence-corrected chi connectivity index (χ0v) is 16.0. The van der Waals surface area contributed by atoms with Gasteiger partial charge in [0.15, 0.2) is 9.84 Å². The van der Waals surface area contributed by atoms with Crippen molar-refractivity contribution in [2.24, 2.45) is 0 Å². The highest BCUT2D eigenvalue weighted by Crippen LogP contribution is 2.28. The Morgan fingerprint density at radius 2 is 1.68 bits per heavy atom. The SMILES string of the molecule is CS(=O)(=O)c1ccc(Oc2ccc(-c3noc(-c4[nH]ncc4Cl)n3)cc2)cc1. The van der Waals surface area contributed by atoms with Crippen molar-refractivity contribution in [1.29, 1.82) is 0 Å². The van der Waals surface area contributed by atoms with Crippen LogP contribution >= 0.6 is 11.6 Å². The Morgan fingerprint density at radius 1 is 1.04 bits per heavy atom. The quantitative estimate of drug-likeness (QED) is 0.523. The number of rotatable bonds is 5. The van der Waals surface area contributed by atoms with Crippen LogP contribution in [0, 0.1) is 0 Å².